The predicted octanol–water partition coefficient (Wildman–Crippen LogP) is 2.13. The molecule has 6 heteroatoms. The summed E-state index contributed by atoms with van der Waals surface area (Å²) in [6, 6.07) is 7.72. The van der Waals surface area contributed by atoms with Gasteiger partial charge in [-0.05, 0) is 33.0 Å². The van der Waals surface area contributed by atoms with E-state index < -0.39 is 6.10 Å². The summed E-state index contributed by atoms with van der Waals surface area (Å²) in [5.74, 6) is 0.868. The lowest BCUT2D eigenvalue weighted by atomic mass is 10.2. The minimum absolute atomic E-state index is 0. The third kappa shape index (κ3) is 4.79. The summed E-state index contributed by atoms with van der Waals surface area (Å²) in [7, 11) is 2.00. The number of halogens is 1. The highest BCUT2D eigenvalue weighted by Gasteiger charge is 2.28. The lowest BCUT2D eigenvalue weighted by molar-refractivity contribution is -0.154. The second-order valence-corrected chi connectivity index (χ2v) is 5.11. The van der Waals surface area contributed by atoms with Crippen LogP contribution in [-0.2, 0) is 9.53 Å². The van der Waals surface area contributed by atoms with E-state index in [1.807, 2.05) is 25.2 Å². The fourth-order valence-corrected chi connectivity index (χ4v) is 1.78. The number of likely N-dealkylation sites (N-methyl/N-ethyl adjacent to an activating group) is 1. The molecule has 0 bridgehead atoms. The van der Waals surface area contributed by atoms with Gasteiger partial charge in [0.2, 0.25) is 6.10 Å². The van der Waals surface area contributed by atoms with Gasteiger partial charge in [-0.15, -0.1) is 12.4 Å². The number of hydrogen-bond donors (Lipinski definition) is 0. The number of ether oxygens (including phenoxy) is 3. The van der Waals surface area contributed by atoms with Gasteiger partial charge in [-0.2, -0.15) is 0 Å². The molecule has 0 saturated carbocycles. The zero-order valence-corrected chi connectivity index (χ0v) is 13.4. The maximum Gasteiger partial charge on any atom is 0.351 e. The van der Waals surface area contributed by atoms with Crippen LogP contribution in [-0.4, -0.2) is 49.8 Å². The van der Waals surface area contributed by atoms with Gasteiger partial charge in [0.1, 0.15) is 13.2 Å². The van der Waals surface area contributed by atoms with Gasteiger partial charge in [-0.1, -0.05) is 12.1 Å². The molecule has 1 aromatic carbocycles. The predicted molar refractivity (Wildman–Crippen MR) is 82.3 cm³/mol. The van der Waals surface area contributed by atoms with Crippen molar-refractivity contribution in [2.75, 3.05) is 26.8 Å². The first-order valence-electron chi connectivity index (χ1n) is 6.83. The molecule has 0 radical (unpaired) electrons. The van der Waals surface area contributed by atoms with Crippen LogP contribution in [0.4, 0.5) is 0 Å². The van der Waals surface area contributed by atoms with Gasteiger partial charge in [0, 0.05) is 12.6 Å². The highest BCUT2D eigenvalue weighted by molar-refractivity contribution is 5.85. The van der Waals surface area contributed by atoms with Gasteiger partial charge in [-0.3, -0.25) is 0 Å². The molecule has 1 aliphatic rings. The SMILES string of the molecule is CC(C)N(C)CCOC(=O)C1COc2ccccc2O1.Cl. The van der Waals surface area contributed by atoms with Crippen LogP contribution in [0, 0.1) is 0 Å². The quantitative estimate of drug-likeness (QED) is 0.779. The van der Waals surface area contributed by atoms with Crippen LogP contribution in [0.3, 0.4) is 0 Å². The Morgan fingerprint density at radius 2 is 2.05 bits per heavy atom. The van der Waals surface area contributed by atoms with Crippen molar-refractivity contribution in [2.45, 2.75) is 26.0 Å². The van der Waals surface area contributed by atoms with Crippen LogP contribution in [0.25, 0.3) is 0 Å². The minimum atomic E-state index is -0.686. The Morgan fingerprint density at radius 3 is 2.71 bits per heavy atom. The van der Waals surface area contributed by atoms with Crippen molar-refractivity contribution in [1.29, 1.82) is 0 Å². The van der Waals surface area contributed by atoms with Gasteiger partial charge in [-0.25, -0.2) is 4.79 Å². The topological polar surface area (TPSA) is 48.0 Å². The van der Waals surface area contributed by atoms with Crippen molar-refractivity contribution in [1.82, 2.24) is 4.90 Å². The van der Waals surface area contributed by atoms with E-state index in [9.17, 15) is 4.79 Å². The normalized spacial score (nSPS) is 16.5. The van der Waals surface area contributed by atoms with Crippen LogP contribution < -0.4 is 9.47 Å². The standard InChI is InChI=1S/C15H21NO4.ClH/c1-11(2)16(3)8-9-18-15(17)14-10-19-12-6-4-5-7-13(12)20-14;/h4-7,11,14H,8-10H2,1-3H3;1H. The molecule has 118 valence electrons. The molecule has 5 nitrogen and oxygen atoms in total. The summed E-state index contributed by atoms with van der Waals surface area (Å²) in [4.78, 5) is 14.0. The molecule has 0 fully saturated rings. The Kier molecular flexibility index (Phi) is 6.78. The molecule has 2 rings (SSSR count). The molecule has 1 atom stereocenters. The number of carbonyl (C=O) groups is 1. The zero-order valence-electron chi connectivity index (χ0n) is 12.6. The van der Waals surface area contributed by atoms with Crippen molar-refractivity contribution in [3.05, 3.63) is 24.3 Å². The van der Waals surface area contributed by atoms with Gasteiger partial charge in [0.05, 0.1) is 0 Å². The highest BCUT2D eigenvalue weighted by Crippen LogP contribution is 2.31. The average molecular weight is 316 g/mol. The zero-order chi connectivity index (χ0) is 14.5. The second-order valence-electron chi connectivity index (χ2n) is 5.11. The van der Waals surface area contributed by atoms with Crippen molar-refractivity contribution < 1.29 is 19.0 Å². The number of benzene rings is 1. The van der Waals surface area contributed by atoms with E-state index in [-0.39, 0.29) is 25.0 Å². The Morgan fingerprint density at radius 1 is 1.38 bits per heavy atom. The molecule has 0 saturated heterocycles. The van der Waals surface area contributed by atoms with E-state index in [2.05, 4.69) is 18.7 Å². The molecule has 1 aromatic rings. The molecule has 0 aliphatic carbocycles. The highest BCUT2D eigenvalue weighted by atomic mass is 35.5. The maximum atomic E-state index is 11.9. The van der Waals surface area contributed by atoms with Crippen molar-refractivity contribution in [3.8, 4) is 11.5 Å². The van der Waals surface area contributed by atoms with Gasteiger partial charge in [0.15, 0.2) is 11.5 Å². The molecular formula is C15H22ClNO4. The summed E-state index contributed by atoms with van der Waals surface area (Å²) < 4.78 is 16.3. The van der Waals surface area contributed by atoms with Crippen molar-refractivity contribution >= 4 is 18.4 Å². The van der Waals surface area contributed by atoms with Gasteiger partial charge in [0.25, 0.3) is 0 Å². The number of esters is 1. The summed E-state index contributed by atoms with van der Waals surface area (Å²) in [5, 5.41) is 0. The monoisotopic (exact) mass is 315 g/mol. The first-order chi connectivity index (χ1) is 9.58. The molecule has 0 spiro atoms. The van der Waals surface area contributed by atoms with E-state index in [0.717, 1.165) is 0 Å². The summed E-state index contributed by atoms with van der Waals surface area (Å²) in [6.45, 7) is 5.44. The van der Waals surface area contributed by atoms with E-state index in [4.69, 9.17) is 14.2 Å². The first kappa shape index (κ1) is 17.6. The number of nitrogens with zero attached hydrogens (tertiary/aromatic N) is 1. The van der Waals surface area contributed by atoms with Crippen molar-refractivity contribution in [2.24, 2.45) is 0 Å². The molecule has 1 heterocycles. The Balaban J connectivity index is 0.00000220. The Labute approximate surface area is 131 Å². The van der Waals surface area contributed by atoms with Crippen LogP contribution in [0.2, 0.25) is 0 Å². The number of rotatable bonds is 5. The lowest BCUT2D eigenvalue weighted by Crippen LogP contribution is -2.39. The van der Waals surface area contributed by atoms with E-state index in [1.165, 1.54) is 0 Å². The molecule has 0 N–H and O–H groups in total. The smallest absolute Gasteiger partial charge is 0.351 e. The summed E-state index contributed by atoms with van der Waals surface area (Å²) >= 11 is 0. The van der Waals surface area contributed by atoms with Crippen LogP contribution >= 0.6 is 12.4 Å². The Bertz CT molecular complexity index is 467. The third-order valence-corrected chi connectivity index (χ3v) is 3.34. The van der Waals surface area contributed by atoms with Crippen LogP contribution in [0.15, 0.2) is 24.3 Å². The van der Waals surface area contributed by atoms with Crippen LogP contribution in [0.5, 0.6) is 11.5 Å². The molecule has 1 aliphatic heterocycles. The van der Waals surface area contributed by atoms with E-state index in [0.29, 0.717) is 30.7 Å². The fourth-order valence-electron chi connectivity index (χ4n) is 1.78. The van der Waals surface area contributed by atoms with Gasteiger partial charge < -0.3 is 19.1 Å². The number of carbonyl (C=O) groups excluding carboxylic acids is 1. The largest absolute Gasteiger partial charge is 0.485 e. The number of hydrogen-bond acceptors (Lipinski definition) is 5. The summed E-state index contributed by atoms with van der Waals surface area (Å²) in [6.07, 6.45) is -0.686. The third-order valence-electron chi connectivity index (χ3n) is 3.34. The Hall–Kier alpha value is -1.46. The molecular weight excluding hydrogens is 294 g/mol. The molecule has 0 aromatic heterocycles. The molecule has 21 heavy (non-hydrogen) atoms. The average Bonchev–Trinajstić information content (AvgIpc) is 2.46. The van der Waals surface area contributed by atoms with Gasteiger partial charge >= 0.3 is 5.97 Å². The van der Waals surface area contributed by atoms with E-state index >= 15 is 0 Å². The first-order valence-corrected chi connectivity index (χ1v) is 6.83. The van der Waals surface area contributed by atoms with Crippen LogP contribution in [0.1, 0.15) is 13.8 Å². The molecule has 0 amide bonds. The van der Waals surface area contributed by atoms with Crippen molar-refractivity contribution in [3.63, 3.8) is 0 Å². The van der Waals surface area contributed by atoms with E-state index in [1.54, 1.807) is 6.07 Å². The maximum absolute atomic E-state index is 11.9. The fraction of sp³-hybridized carbons (Fsp3) is 0.533. The summed E-state index contributed by atoms with van der Waals surface area (Å²) in [5.41, 5.74) is 0. The lowest BCUT2D eigenvalue weighted by Gasteiger charge is -2.25. The number of para-hydroxylation sites is 2. The second kappa shape index (κ2) is 8.10. The minimum Gasteiger partial charge on any atom is -0.485 e. The number of fused-ring (bicyclic) bond motifs is 1. The molecule has 1 unspecified atom stereocenters.